The minimum Gasteiger partial charge on any atom is -0.495 e. The molecular weight excluding hydrogens is 356 g/mol. The fourth-order valence-electron chi connectivity index (χ4n) is 2.65. The molecule has 1 aromatic rings. The van der Waals surface area contributed by atoms with Crippen LogP contribution in [-0.4, -0.2) is 52.2 Å². The van der Waals surface area contributed by atoms with Crippen LogP contribution in [0, 0.1) is 5.92 Å². The van der Waals surface area contributed by atoms with E-state index in [1.807, 2.05) is 0 Å². The average molecular weight is 377 g/mol. The van der Waals surface area contributed by atoms with Crippen LogP contribution in [0.25, 0.3) is 0 Å². The van der Waals surface area contributed by atoms with E-state index in [2.05, 4.69) is 5.32 Å². The second-order valence-corrected chi connectivity index (χ2v) is 8.03. The van der Waals surface area contributed by atoms with Gasteiger partial charge in [-0.2, -0.15) is 0 Å². The summed E-state index contributed by atoms with van der Waals surface area (Å²) < 4.78 is 35.1. The van der Waals surface area contributed by atoms with E-state index in [9.17, 15) is 13.2 Å². The SMILES string of the molecule is COc1cc(NC(=O)[C@H]2CCCN(S(C)(=O)=O)C2)c(OC)cc1Cl. The lowest BCUT2D eigenvalue weighted by atomic mass is 9.98. The maximum absolute atomic E-state index is 12.5. The topological polar surface area (TPSA) is 84.9 Å². The van der Waals surface area contributed by atoms with Gasteiger partial charge in [0.25, 0.3) is 0 Å². The maximum Gasteiger partial charge on any atom is 0.228 e. The van der Waals surface area contributed by atoms with Gasteiger partial charge in [0.2, 0.25) is 15.9 Å². The predicted octanol–water partition coefficient (Wildman–Crippen LogP) is 1.97. The summed E-state index contributed by atoms with van der Waals surface area (Å²) >= 11 is 6.04. The summed E-state index contributed by atoms with van der Waals surface area (Å²) in [6.45, 7) is 0.623. The van der Waals surface area contributed by atoms with Gasteiger partial charge < -0.3 is 14.8 Å². The highest BCUT2D eigenvalue weighted by Crippen LogP contribution is 2.36. The number of methoxy groups -OCH3 is 2. The molecule has 24 heavy (non-hydrogen) atoms. The molecular formula is C15H21ClN2O5S. The number of ether oxygens (including phenoxy) is 2. The highest BCUT2D eigenvalue weighted by atomic mass is 35.5. The van der Waals surface area contributed by atoms with E-state index >= 15 is 0 Å². The Morgan fingerprint density at radius 3 is 2.54 bits per heavy atom. The lowest BCUT2D eigenvalue weighted by Gasteiger charge is -2.30. The smallest absolute Gasteiger partial charge is 0.228 e. The van der Waals surface area contributed by atoms with Crippen LogP contribution < -0.4 is 14.8 Å². The summed E-state index contributed by atoms with van der Waals surface area (Å²) in [6, 6.07) is 3.13. The van der Waals surface area contributed by atoms with Crippen molar-refractivity contribution in [2.75, 3.05) is 38.9 Å². The largest absolute Gasteiger partial charge is 0.495 e. The van der Waals surface area contributed by atoms with E-state index in [1.54, 1.807) is 12.1 Å². The zero-order chi connectivity index (χ0) is 17.9. The number of amides is 1. The van der Waals surface area contributed by atoms with Crippen molar-refractivity contribution in [3.8, 4) is 11.5 Å². The Kier molecular flexibility index (Phi) is 5.95. The van der Waals surface area contributed by atoms with Crippen LogP contribution in [0.5, 0.6) is 11.5 Å². The van der Waals surface area contributed by atoms with Gasteiger partial charge in [-0.15, -0.1) is 0 Å². The number of rotatable bonds is 5. The Morgan fingerprint density at radius 1 is 1.29 bits per heavy atom. The molecule has 0 bridgehead atoms. The molecule has 1 aliphatic heterocycles. The van der Waals surface area contributed by atoms with Crippen molar-refractivity contribution in [1.29, 1.82) is 0 Å². The summed E-state index contributed by atoms with van der Waals surface area (Å²) in [7, 11) is -0.354. The third kappa shape index (κ3) is 4.31. The average Bonchev–Trinajstić information content (AvgIpc) is 2.55. The van der Waals surface area contributed by atoms with Crippen LogP contribution in [0.1, 0.15) is 12.8 Å². The van der Waals surface area contributed by atoms with Crippen LogP contribution in [-0.2, 0) is 14.8 Å². The molecule has 0 aromatic heterocycles. The molecule has 1 N–H and O–H groups in total. The second kappa shape index (κ2) is 7.58. The van der Waals surface area contributed by atoms with Crippen molar-refractivity contribution in [3.05, 3.63) is 17.2 Å². The molecule has 0 aliphatic carbocycles. The lowest BCUT2D eigenvalue weighted by molar-refractivity contribution is -0.120. The number of piperidine rings is 1. The first-order chi connectivity index (χ1) is 11.3. The quantitative estimate of drug-likeness (QED) is 0.849. The fourth-order valence-corrected chi connectivity index (χ4v) is 3.79. The summed E-state index contributed by atoms with van der Waals surface area (Å²) in [5, 5.41) is 3.15. The molecule has 1 heterocycles. The van der Waals surface area contributed by atoms with Gasteiger partial charge in [-0.25, -0.2) is 12.7 Å². The molecule has 0 saturated carbocycles. The maximum atomic E-state index is 12.5. The lowest BCUT2D eigenvalue weighted by Crippen LogP contribution is -2.43. The van der Waals surface area contributed by atoms with Crippen molar-refractivity contribution in [2.45, 2.75) is 12.8 Å². The number of carbonyl (C=O) groups is 1. The van der Waals surface area contributed by atoms with E-state index in [0.29, 0.717) is 41.6 Å². The molecule has 1 aliphatic rings. The number of hydrogen-bond donors (Lipinski definition) is 1. The molecule has 134 valence electrons. The molecule has 0 radical (unpaired) electrons. The molecule has 1 fully saturated rings. The normalized spacial score (nSPS) is 18.9. The molecule has 1 aromatic carbocycles. The first kappa shape index (κ1) is 18.8. The summed E-state index contributed by atoms with van der Waals surface area (Å²) in [4.78, 5) is 12.5. The Labute approximate surface area is 146 Å². The number of nitrogens with one attached hydrogen (secondary N) is 1. The monoisotopic (exact) mass is 376 g/mol. The number of benzene rings is 1. The van der Waals surface area contributed by atoms with Crippen molar-refractivity contribution in [2.24, 2.45) is 5.92 Å². The predicted molar refractivity (Wildman–Crippen MR) is 92.3 cm³/mol. The minimum absolute atomic E-state index is 0.178. The number of carbonyl (C=O) groups excluding carboxylic acids is 1. The first-order valence-electron chi connectivity index (χ1n) is 7.43. The third-order valence-corrected chi connectivity index (χ3v) is 5.52. The number of nitrogens with zero attached hydrogens (tertiary/aromatic N) is 1. The molecule has 1 saturated heterocycles. The number of sulfonamides is 1. The Bertz CT molecular complexity index is 723. The molecule has 1 amide bonds. The Balaban J connectivity index is 2.17. The second-order valence-electron chi connectivity index (χ2n) is 5.64. The Hall–Kier alpha value is -1.51. The standard InChI is InChI=1S/C15H21ClN2O5S/c1-22-13-8-12(14(23-2)7-11(13)16)17-15(19)10-5-4-6-18(9-10)24(3,20)21/h7-8,10H,4-6,9H2,1-3H3,(H,17,19)/t10-/m0/s1. The summed E-state index contributed by atoms with van der Waals surface area (Å²) in [5.41, 5.74) is 0.431. The van der Waals surface area contributed by atoms with E-state index in [0.717, 1.165) is 6.26 Å². The van der Waals surface area contributed by atoms with Crippen LogP contribution >= 0.6 is 11.6 Å². The zero-order valence-electron chi connectivity index (χ0n) is 13.8. The minimum atomic E-state index is -3.30. The number of anilines is 1. The van der Waals surface area contributed by atoms with Crippen molar-refractivity contribution in [1.82, 2.24) is 4.31 Å². The number of hydrogen-bond acceptors (Lipinski definition) is 5. The van der Waals surface area contributed by atoms with Gasteiger partial charge in [-0.3, -0.25) is 4.79 Å². The highest BCUT2D eigenvalue weighted by molar-refractivity contribution is 7.88. The molecule has 2 rings (SSSR count). The molecule has 0 unspecified atom stereocenters. The number of halogens is 1. The van der Waals surface area contributed by atoms with Gasteiger partial charge in [-0.1, -0.05) is 11.6 Å². The van der Waals surface area contributed by atoms with Crippen LogP contribution in [0.4, 0.5) is 5.69 Å². The third-order valence-electron chi connectivity index (χ3n) is 3.96. The van der Waals surface area contributed by atoms with E-state index in [4.69, 9.17) is 21.1 Å². The van der Waals surface area contributed by atoms with Gasteiger partial charge in [0.05, 0.1) is 37.1 Å². The van der Waals surface area contributed by atoms with Crippen LogP contribution in [0.15, 0.2) is 12.1 Å². The zero-order valence-corrected chi connectivity index (χ0v) is 15.4. The van der Waals surface area contributed by atoms with Crippen molar-refractivity contribution < 1.29 is 22.7 Å². The van der Waals surface area contributed by atoms with Crippen molar-refractivity contribution in [3.63, 3.8) is 0 Å². The first-order valence-corrected chi connectivity index (χ1v) is 9.66. The molecule has 1 atom stereocenters. The fraction of sp³-hybridized carbons (Fsp3) is 0.533. The summed E-state index contributed by atoms with van der Waals surface area (Å²) in [6.07, 6.45) is 2.43. The van der Waals surface area contributed by atoms with Gasteiger partial charge >= 0.3 is 0 Å². The summed E-state index contributed by atoms with van der Waals surface area (Å²) in [5.74, 6) is 0.144. The van der Waals surface area contributed by atoms with Crippen LogP contribution in [0.2, 0.25) is 5.02 Å². The van der Waals surface area contributed by atoms with E-state index in [1.165, 1.54) is 18.5 Å². The Morgan fingerprint density at radius 2 is 1.96 bits per heavy atom. The van der Waals surface area contributed by atoms with Crippen molar-refractivity contribution >= 4 is 33.2 Å². The van der Waals surface area contributed by atoms with Gasteiger partial charge in [0, 0.05) is 25.2 Å². The van der Waals surface area contributed by atoms with Crippen LogP contribution in [0.3, 0.4) is 0 Å². The molecule has 7 nitrogen and oxygen atoms in total. The van der Waals surface area contributed by atoms with Gasteiger partial charge in [-0.05, 0) is 12.8 Å². The van der Waals surface area contributed by atoms with E-state index < -0.39 is 15.9 Å². The van der Waals surface area contributed by atoms with Gasteiger partial charge in [0.15, 0.2) is 0 Å². The van der Waals surface area contributed by atoms with E-state index in [-0.39, 0.29) is 12.5 Å². The molecule has 0 spiro atoms. The van der Waals surface area contributed by atoms with Gasteiger partial charge in [0.1, 0.15) is 11.5 Å². The highest BCUT2D eigenvalue weighted by Gasteiger charge is 2.30. The molecule has 9 heteroatoms.